The van der Waals surface area contributed by atoms with E-state index in [1.807, 2.05) is 6.92 Å². The number of hydrogen-bond acceptors (Lipinski definition) is 4. The quantitative estimate of drug-likeness (QED) is 0.426. The molecule has 0 radical (unpaired) electrons. The van der Waals surface area contributed by atoms with Gasteiger partial charge >= 0.3 is 5.97 Å². The first-order valence-electron chi connectivity index (χ1n) is 5.43. The minimum Gasteiger partial charge on any atom is -0.480 e. The van der Waals surface area contributed by atoms with Crippen LogP contribution in [0.25, 0.3) is 0 Å². The molecule has 0 aromatic heterocycles. The zero-order chi connectivity index (χ0) is 13.4. The Morgan fingerprint density at radius 2 is 1.94 bits per heavy atom. The molecule has 0 heterocycles. The van der Waals surface area contributed by atoms with E-state index in [4.69, 9.17) is 16.6 Å². The molecule has 0 saturated carbocycles. The number of primary amides is 1. The number of carboxylic acid groups (broad SMARTS) is 1. The number of nitrogens with two attached hydrogens (primary N) is 2. The van der Waals surface area contributed by atoms with E-state index >= 15 is 0 Å². The second-order valence-corrected chi connectivity index (χ2v) is 3.79. The summed E-state index contributed by atoms with van der Waals surface area (Å²) in [6, 6.07) is -1.29. The second kappa shape index (κ2) is 7.61. The number of carboxylic acids is 1. The maximum Gasteiger partial charge on any atom is 0.326 e. The lowest BCUT2D eigenvalue weighted by Gasteiger charge is -2.18. The van der Waals surface area contributed by atoms with Crippen LogP contribution in [-0.4, -0.2) is 35.5 Å². The van der Waals surface area contributed by atoms with Crippen molar-refractivity contribution in [3.63, 3.8) is 0 Å². The van der Waals surface area contributed by atoms with Gasteiger partial charge in [0.15, 0.2) is 0 Å². The zero-order valence-electron chi connectivity index (χ0n) is 9.81. The Balaban J connectivity index is 4.47. The van der Waals surface area contributed by atoms with Gasteiger partial charge in [0, 0.05) is 6.54 Å². The minimum atomic E-state index is -1.29. The molecule has 0 spiro atoms. The van der Waals surface area contributed by atoms with Crippen molar-refractivity contribution >= 4 is 17.8 Å². The molecule has 0 aliphatic rings. The molecule has 0 bridgehead atoms. The summed E-state index contributed by atoms with van der Waals surface area (Å²) in [5.74, 6) is -2.96. The number of rotatable bonds is 8. The molecular formula is C10H19N3O4. The van der Waals surface area contributed by atoms with Crippen LogP contribution in [-0.2, 0) is 14.4 Å². The SMILES string of the molecule is CCCC(CN)C(=O)NC(CC(N)=O)C(=O)O. The highest BCUT2D eigenvalue weighted by Crippen LogP contribution is 2.05. The Morgan fingerprint density at radius 3 is 2.29 bits per heavy atom. The molecule has 0 fully saturated rings. The van der Waals surface area contributed by atoms with E-state index in [2.05, 4.69) is 5.32 Å². The highest BCUT2D eigenvalue weighted by atomic mass is 16.4. The molecule has 2 atom stereocenters. The first-order valence-corrected chi connectivity index (χ1v) is 5.43. The number of nitrogens with one attached hydrogen (secondary N) is 1. The molecule has 17 heavy (non-hydrogen) atoms. The van der Waals surface area contributed by atoms with Crippen LogP contribution in [0.5, 0.6) is 0 Å². The van der Waals surface area contributed by atoms with Crippen LogP contribution >= 0.6 is 0 Å². The van der Waals surface area contributed by atoms with E-state index in [9.17, 15) is 14.4 Å². The van der Waals surface area contributed by atoms with Crippen molar-refractivity contribution in [2.45, 2.75) is 32.2 Å². The fourth-order valence-electron chi connectivity index (χ4n) is 1.40. The lowest BCUT2D eigenvalue weighted by Crippen LogP contribution is -2.46. The molecule has 2 unspecified atom stereocenters. The van der Waals surface area contributed by atoms with Gasteiger partial charge in [-0.25, -0.2) is 4.79 Å². The van der Waals surface area contributed by atoms with Crippen molar-refractivity contribution in [1.29, 1.82) is 0 Å². The molecule has 7 nitrogen and oxygen atoms in total. The van der Waals surface area contributed by atoms with Gasteiger partial charge in [0.2, 0.25) is 11.8 Å². The van der Waals surface area contributed by atoms with Crippen LogP contribution in [0.15, 0.2) is 0 Å². The van der Waals surface area contributed by atoms with E-state index in [0.29, 0.717) is 6.42 Å². The van der Waals surface area contributed by atoms with Crippen molar-refractivity contribution in [3.05, 3.63) is 0 Å². The second-order valence-electron chi connectivity index (χ2n) is 3.79. The summed E-state index contributed by atoms with van der Waals surface area (Å²) in [5.41, 5.74) is 10.3. The lowest BCUT2D eigenvalue weighted by atomic mass is 10.0. The van der Waals surface area contributed by atoms with Crippen LogP contribution in [0.2, 0.25) is 0 Å². The van der Waals surface area contributed by atoms with Crippen molar-refractivity contribution in [3.8, 4) is 0 Å². The van der Waals surface area contributed by atoms with E-state index in [-0.39, 0.29) is 6.54 Å². The van der Waals surface area contributed by atoms with Crippen molar-refractivity contribution in [2.24, 2.45) is 17.4 Å². The van der Waals surface area contributed by atoms with Gasteiger partial charge in [0.05, 0.1) is 12.3 Å². The molecule has 0 aromatic carbocycles. The topological polar surface area (TPSA) is 136 Å². The van der Waals surface area contributed by atoms with Gasteiger partial charge in [-0.1, -0.05) is 13.3 Å². The third kappa shape index (κ3) is 5.86. The highest BCUT2D eigenvalue weighted by Gasteiger charge is 2.25. The molecule has 0 aliphatic heterocycles. The first kappa shape index (κ1) is 15.4. The van der Waals surface area contributed by atoms with Crippen molar-refractivity contribution in [1.82, 2.24) is 5.32 Å². The highest BCUT2D eigenvalue weighted by molar-refractivity contribution is 5.88. The van der Waals surface area contributed by atoms with E-state index in [0.717, 1.165) is 6.42 Å². The van der Waals surface area contributed by atoms with Crippen LogP contribution in [0, 0.1) is 5.92 Å². The lowest BCUT2D eigenvalue weighted by molar-refractivity contribution is -0.143. The van der Waals surface area contributed by atoms with E-state index in [1.54, 1.807) is 0 Å². The molecule has 0 rings (SSSR count). The Labute approximate surface area is 99.5 Å². The van der Waals surface area contributed by atoms with Crippen molar-refractivity contribution < 1.29 is 19.5 Å². The van der Waals surface area contributed by atoms with Gasteiger partial charge in [-0.05, 0) is 6.42 Å². The number of carbonyl (C=O) groups excluding carboxylic acids is 2. The Kier molecular flexibility index (Phi) is 6.88. The fourth-order valence-corrected chi connectivity index (χ4v) is 1.40. The summed E-state index contributed by atoms with van der Waals surface area (Å²) < 4.78 is 0. The summed E-state index contributed by atoms with van der Waals surface area (Å²) in [6.45, 7) is 2.04. The van der Waals surface area contributed by atoms with Gasteiger partial charge < -0.3 is 21.9 Å². The molecule has 0 aliphatic carbocycles. The van der Waals surface area contributed by atoms with Gasteiger partial charge in [0.1, 0.15) is 6.04 Å². The maximum atomic E-state index is 11.7. The standard InChI is InChI=1S/C10H19N3O4/c1-2-3-6(5-11)9(15)13-7(10(16)17)4-8(12)14/h6-7H,2-5,11H2,1H3,(H2,12,14)(H,13,15)(H,16,17). The summed E-state index contributed by atoms with van der Waals surface area (Å²) >= 11 is 0. The summed E-state index contributed by atoms with van der Waals surface area (Å²) in [6.07, 6.45) is 0.915. The molecule has 6 N–H and O–H groups in total. The van der Waals surface area contributed by atoms with E-state index in [1.165, 1.54) is 0 Å². The molecule has 2 amide bonds. The molecule has 7 heteroatoms. The largest absolute Gasteiger partial charge is 0.480 e. The first-order chi connectivity index (χ1) is 7.92. The summed E-state index contributed by atoms with van der Waals surface area (Å²) in [5, 5.41) is 11.1. The Bertz CT molecular complexity index is 293. The number of amides is 2. The summed E-state index contributed by atoms with van der Waals surface area (Å²) in [7, 11) is 0. The molecular weight excluding hydrogens is 226 g/mol. The summed E-state index contributed by atoms with van der Waals surface area (Å²) in [4.78, 5) is 33.1. The third-order valence-corrected chi connectivity index (χ3v) is 2.31. The average Bonchev–Trinajstić information content (AvgIpc) is 2.23. The predicted octanol–water partition coefficient (Wildman–Crippen LogP) is -1.19. The maximum absolute atomic E-state index is 11.7. The smallest absolute Gasteiger partial charge is 0.326 e. The van der Waals surface area contributed by atoms with Crippen LogP contribution in [0.3, 0.4) is 0 Å². The fraction of sp³-hybridized carbons (Fsp3) is 0.700. The van der Waals surface area contributed by atoms with E-state index < -0.39 is 36.2 Å². The Morgan fingerprint density at radius 1 is 1.35 bits per heavy atom. The third-order valence-electron chi connectivity index (χ3n) is 2.31. The number of carbonyl (C=O) groups is 3. The number of hydrogen-bond donors (Lipinski definition) is 4. The van der Waals surface area contributed by atoms with Crippen LogP contribution < -0.4 is 16.8 Å². The predicted molar refractivity (Wildman–Crippen MR) is 60.8 cm³/mol. The average molecular weight is 245 g/mol. The van der Waals surface area contributed by atoms with Gasteiger partial charge in [-0.2, -0.15) is 0 Å². The monoisotopic (exact) mass is 245 g/mol. The van der Waals surface area contributed by atoms with Gasteiger partial charge in [0.25, 0.3) is 0 Å². The van der Waals surface area contributed by atoms with Gasteiger partial charge in [-0.15, -0.1) is 0 Å². The minimum absolute atomic E-state index is 0.141. The Hall–Kier alpha value is -1.63. The molecule has 98 valence electrons. The van der Waals surface area contributed by atoms with Crippen LogP contribution in [0.4, 0.5) is 0 Å². The molecule has 0 aromatic rings. The molecule has 0 saturated heterocycles. The zero-order valence-corrected chi connectivity index (χ0v) is 9.81. The van der Waals surface area contributed by atoms with Crippen molar-refractivity contribution in [2.75, 3.05) is 6.54 Å². The van der Waals surface area contributed by atoms with Crippen LogP contribution in [0.1, 0.15) is 26.2 Å². The van der Waals surface area contributed by atoms with Gasteiger partial charge in [-0.3, -0.25) is 9.59 Å². The number of aliphatic carboxylic acids is 1. The normalized spacial score (nSPS) is 13.8.